The van der Waals surface area contributed by atoms with Gasteiger partial charge in [-0.2, -0.15) is 0 Å². The zero-order valence-corrected chi connectivity index (χ0v) is 9.83. The van der Waals surface area contributed by atoms with Crippen molar-refractivity contribution in [3.05, 3.63) is 35.4 Å². The van der Waals surface area contributed by atoms with Crippen molar-refractivity contribution in [2.45, 2.75) is 32.6 Å². The number of nitrogens with two attached hydrogens (primary N) is 1. The highest BCUT2D eigenvalue weighted by Crippen LogP contribution is 2.39. The molecule has 0 amide bonds. The number of ketones is 1. The van der Waals surface area contributed by atoms with Crippen molar-refractivity contribution >= 4 is 5.78 Å². The molecule has 1 fully saturated rings. The Balaban J connectivity index is 2.30. The van der Waals surface area contributed by atoms with Gasteiger partial charge in [0.1, 0.15) is 0 Å². The van der Waals surface area contributed by atoms with Crippen LogP contribution in [0.25, 0.3) is 0 Å². The van der Waals surface area contributed by atoms with Crippen LogP contribution in [-0.2, 0) is 0 Å². The van der Waals surface area contributed by atoms with Gasteiger partial charge in [-0.1, -0.05) is 36.6 Å². The number of benzene rings is 1. The van der Waals surface area contributed by atoms with Crippen LogP contribution < -0.4 is 5.73 Å². The van der Waals surface area contributed by atoms with Gasteiger partial charge >= 0.3 is 0 Å². The first-order valence-corrected chi connectivity index (χ1v) is 5.99. The van der Waals surface area contributed by atoms with Crippen LogP contribution in [0, 0.1) is 12.3 Å². The molecule has 0 bridgehead atoms. The predicted octanol–water partition coefficient (Wildman–Crippen LogP) is 2.70. The molecular weight excluding hydrogens is 198 g/mol. The fourth-order valence-electron chi connectivity index (χ4n) is 2.67. The molecule has 2 heteroatoms. The van der Waals surface area contributed by atoms with Crippen molar-refractivity contribution in [3.63, 3.8) is 0 Å². The Morgan fingerprint density at radius 2 is 2.06 bits per heavy atom. The number of rotatable bonds is 3. The highest BCUT2D eigenvalue weighted by molar-refractivity contribution is 6.01. The lowest BCUT2D eigenvalue weighted by Crippen LogP contribution is -2.36. The van der Waals surface area contributed by atoms with Crippen molar-refractivity contribution < 1.29 is 4.79 Å². The third kappa shape index (κ3) is 1.90. The lowest BCUT2D eigenvalue weighted by molar-refractivity contribution is 0.0810. The third-order valence-corrected chi connectivity index (χ3v) is 3.71. The monoisotopic (exact) mass is 217 g/mol. The first kappa shape index (κ1) is 11.3. The predicted molar refractivity (Wildman–Crippen MR) is 65.5 cm³/mol. The average molecular weight is 217 g/mol. The smallest absolute Gasteiger partial charge is 0.170 e. The van der Waals surface area contributed by atoms with Gasteiger partial charge in [0.25, 0.3) is 0 Å². The van der Waals surface area contributed by atoms with Crippen molar-refractivity contribution in [1.82, 2.24) is 0 Å². The van der Waals surface area contributed by atoms with Crippen LogP contribution >= 0.6 is 0 Å². The van der Waals surface area contributed by atoms with E-state index in [1.165, 1.54) is 0 Å². The molecule has 1 aliphatic rings. The van der Waals surface area contributed by atoms with Crippen LogP contribution in [-0.4, -0.2) is 12.3 Å². The number of hydrogen-bond acceptors (Lipinski definition) is 2. The number of aryl methyl sites for hydroxylation is 1. The maximum absolute atomic E-state index is 12.5. The lowest BCUT2D eigenvalue weighted by Gasteiger charge is -2.25. The van der Waals surface area contributed by atoms with Gasteiger partial charge in [-0.05, 0) is 25.8 Å². The second kappa shape index (κ2) is 4.38. The molecule has 0 heterocycles. The maximum atomic E-state index is 12.5. The van der Waals surface area contributed by atoms with Gasteiger partial charge < -0.3 is 5.73 Å². The van der Waals surface area contributed by atoms with Crippen LogP contribution in [0.1, 0.15) is 41.6 Å². The Morgan fingerprint density at radius 3 is 2.62 bits per heavy atom. The summed E-state index contributed by atoms with van der Waals surface area (Å²) in [5.74, 6) is 0.246. The highest BCUT2D eigenvalue weighted by atomic mass is 16.1. The molecule has 0 radical (unpaired) electrons. The SMILES string of the molecule is Cc1cccc(C(=O)C2(CN)CCCC2)c1. The summed E-state index contributed by atoms with van der Waals surface area (Å²) in [5, 5.41) is 0. The molecule has 1 aliphatic carbocycles. The largest absolute Gasteiger partial charge is 0.329 e. The van der Waals surface area contributed by atoms with E-state index in [0.29, 0.717) is 6.54 Å². The first-order chi connectivity index (χ1) is 7.68. The molecule has 1 aromatic rings. The fraction of sp³-hybridized carbons (Fsp3) is 0.500. The van der Waals surface area contributed by atoms with Crippen LogP contribution in [0.2, 0.25) is 0 Å². The number of carbonyl (C=O) groups is 1. The first-order valence-electron chi connectivity index (χ1n) is 5.99. The normalized spacial score (nSPS) is 18.6. The topological polar surface area (TPSA) is 43.1 Å². The van der Waals surface area contributed by atoms with Crippen molar-refractivity contribution in [2.75, 3.05) is 6.54 Å². The Hall–Kier alpha value is -1.15. The summed E-state index contributed by atoms with van der Waals surface area (Å²) in [7, 11) is 0. The lowest BCUT2D eigenvalue weighted by atomic mass is 9.78. The molecule has 0 saturated heterocycles. The Labute approximate surface area is 96.8 Å². The summed E-state index contributed by atoms with van der Waals surface area (Å²) in [6.07, 6.45) is 4.18. The maximum Gasteiger partial charge on any atom is 0.170 e. The molecule has 1 saturated carbocycles. The Kier molecular flexibility index (Phi) is 3.10. The van der Waals surface area contributed by atoms with E-state index in [1.54, 1.807) is 0 Å². The standard InChI is InChI=1S/C14H19NO/c1-11-5-4-6-12(9-11)13(16)14(10-15)7-2-3-8-14/h4-6,9H,2-3,7-8,10,15H2,1H3. The summed E-state index contributed by atoms with van der Waals surface area (Å²) in [6.45, 7) is 2.50. The van der Waals surface area contributed by atoms with Crippen LogP contribution in [0.15, 0.2) is 24.3 Å². The number of Topliss-reactive ketones (excluding diaryl/α,β-unsaturated/α-hetero) is 1. The van der Waals surface area contributed by atoms with Crippen molar-refractivity contribution in [2.24, 2.45) is 11.1 Å². The van der Waals surface area contributed by atoms with Gasteiger partial charge in [0.2, 0.25) is 0 Å². The van der Waals surface area contributed by atoms with Gasteiger partial charge in [0, 0.05) is 17.5 Å². The summed E-state index contributed by atoms with van der Waals surface area (Å²) < 4.78 is 0. The molecule has 2 rings (SSSR count). The van der Waals surface area contributed by atoms with Gasteiger partial charge in [0.05, 0.1) is 0 Å². The molecule has 0 atom stereocenters. The second-order valence-corrected chi connectivity index (χ2v) is 4.89. The van der Waals surface area contributed by atoms with E-state index in [9.17, 15) is 4.79 Å². The Morgan fingerprint density at radius 1 is 1.38 bits per heavy atom. The van der Waals surface area contributed by atoms with Gasteiger partial charge in [-0.25, -0.2) is 0 Å². The van der Waals surface area contributed by atoms with Crippen LogP contribution in [0.3, 0.4) is 0 Å². The van der Waals surface area contributed by atoms with E-state index in [0.717, 1.165) is 36.8 Å². The zero-order valence-electron chi connectivity index (χ0n) is 9.83. The number of hydrogen-bond donors (Lipinski definition) is 1. The number of carbonyl (C=O) groups excluding carboxylic acids is 1. The van der Waals surface area contributed by atoms with Crippen LogP contribution in [0.4, 0.5) is 0 Å². The van der Waals surface area contributed by atoms with E-state index in [1.807, 2.05) is 31.2 Å². The molecule has 1 aromatic carbocycles. The molecular formula is C14H19NO. The van der Waals surface area contributed by atoms with Crippen molar-refractivity contribution in [3.8, 4) is 0 Å². The molecule has 16 heavy (non-hydrogen) atoms. The molecule has 2 N–H and O–H groups in total. The van der Waals surface area contributed by atoms with E-state index >= 15 is 0 Å². The van der Waals surface area contributed by atoms with E-state index in [2.05, 4.69) is 0 Å². The van der Waals surface area contributed by atoms with Gasteiger partial charge in [0.15, 0.2) is 5.78 Å². The summed E-state index contributed by atoms with van der Waals surface area (Å²) >= 11 is 0. The molecule has 0 spiro atoms. The third-order valence-electron chi connectivity index (χ3n) is 3.71. The summed E-state index contributed by atoms with van der Waals surface area (Å²) in [6, 6.07) is 7.84. The minimum Gasteiger partial charge on any atom is -0.329 e. The minimum atomic E-state index is -0.270. The quantitative estimate of drug-likeness (QED) is 0.791. The Bertz CT molecular complexity index is 391. The van der Waals surface area contributed by atoms with Crippen LogP contribution in [0.5, 0.6) is 0 Å². The van der Waals surface area contributed by atoms with E-state index < -0.39 is 0 Å². The molecule has 0 aliphatic heterocycles. The summed E-state index contributed by atoms with van der Waals surface area (Å²) in [4.78, 5) is 12.5. The highest BCUT2D eigenvalue weighted by Gasteiger charge is 2.39. The van der Waals surface area contributed by atoms with Gasteiger partial charge in [-0.15, -0.1) is 0 Å². The molecule has 0 unspecified atom stereocenters. The molecule has 0 aromatic heterocycles. The zero-order chi connectivity index (χ0) is 11.6. The fourth-order valence-corrected chi connectivity index (χ4v) is 2.67. The van der Waals surface area contributed by atoms with Crippen molar-refractivity contribution in [1.29, 1.82) is 0 Å². The van der Waals surface area contributed by atoms with E-state index in [4.69, 9.17) is 5.73 Å². The molecule has 2 nitrogen and oxygen atoms in total. The second-order valence-electron chi connectivity index (χ2n) is 4.89. The van der Waals surface area contributed by atoms with E-state index in [-0.39, 0.29) is 11.2 Å². The summed E-state index contributed by atoms with van der Waals surface area (Å²) in [5.41, 5.74) is 7.52. The molecule has 86 valence electrons. The minimum absolute atomic E-state index is 0.246. The van der Waals surface area contributed by atoms with Gasteiger partial charge in [-0.3, -0.25) is 4.79 Å². The average Bonchev–Trinajstić information content (AvgIpc) is 2.78.